The Morgan fingerprint density at radius 3 is 2.34 bits per heavy atom. The van der Waals surface area contributed by atoms with Crippen LogP contribution in [0.5, 0.6) is 11.5 Å². The molecule has 1 amide bonds. The van der Waals surface area contributed by atoms with Crippen molar-refractivity contribution >= 4 is 17.3 Å². The van der Waals surface area contributed by atoms with Crippen LogP contribution >= 0.6 is 0 Å². The Morgan fingerprint density at radius 2 is 1.76 bits per heavy atom. The summed E-state index contributed by atoms with van der Waals surface area (Å²) in [6.07, 6.45) is 0. The highest BCUT2D eigenvalue weighted by atomic mass is 16.6. The summed E-state index contributed by atoms with van der Waals surface area (Å²) in [5, 5.41) is 11.5. The van der Waals surface area contributed by atoms with Gasteiger partial charge in [0.1, 0.15) is 5.69 Å². The normalized spacial score (nSPS) is 14.5. The molecule has 0 saturated carbocycles. The fourth-order valence-electron chi connectivity index (χ4n) is 3.47. The van der Waals surface area contributed by atoms with E-state index >= 15 is 0 Å². The van der Waals surface area contributed by atoms with E-state index in [-0.39, 0.29) is 11.3 Å². The van der Waals surface area contributed by atoms with Gasteiger partial charge in [0.15, 0.2) is 11.5 Å². The number of anilines is 1. The lowest BCUT2D eigenvalue weighted by atomic mass is 10.1. The number of ether oxygens (including phenoxy) is 2. The van der Waals surface area contributed by atoms with Crippen LogP contribution in [0.3, 0.4) is 0 Å². The Kier molecular flexibility index (Phi) is 6.18. The Hall–Kier alpha value is -3.33. The molecule has 29 heavy (non-hydrogen) atoms. The van der Waals surface area contributed by atoms with Gasteiger partial charge >= 0.3 is 0 Å². The molecule has 0 aromatic heterocycles. The summed E-state index contributed by atoms with van der Waals surface area (Å²) in [5.74, 6) is 0.695. The van der Waals surface area contributed by atoms with Gasteiger partial charge in [-0.2, -0.15) is 0 Å². The van der Waals surface area contributed by atoms with Crippen LogP contribution in [-0.2, 0) is 6.54 Å². The summed E-state index contributed by atoms with van der Waals surface area (Å²) in [4.78, 5) is 26.6. The van der Waals surface area contributed by atoms with Crippen LogP contribution in [0.1, 0.15) is 15.9 Å². The molecule has 2 aromatic rings. The Morgan fingerprint density at radius 1 is 1.07 bits per heavy atom. The minimum atomic E-state index is -0.681. The fraction of sp³-hybridized carbons (Fsp3) is 0.350. The number of methoxy groups -OCH3 is 2. The first kappa shape index (κ1) is 20.4. The molecule has 1 aliphatic heterocycles. The maximum Gasteiger partial charge on any atom is 0.293 e. The number of piperazine rings is 1. The van der Waals surface area contributed by atoms with Crippen LogP contribution < -0.4 is 20.1 Å². The second kappa shape index (κ2) is 8.78. The van der Waals surface area contributed by atoms with Crippen LogP contribution in [-0.4, -0.2) is 56.1 Å². The lowest BCUT2D eigenvalue weighted by molar-refractivity contribution is -0.384. The fourth-order valence-corrected chi connectivity index (χ4v) is 3.47. The van der Waals surface area contributed by atoms with E-state index in [2.05, 4.69) is 4.90 Å². The molecule has 9 nitrogen and oxygen atoms in total. The van der Waals surface area contributed by atoms with Crippen molar-refractivity contribution in [1.82, 2.24) is 4.90 Å². The molecule has 1 saturated heterocycles. The predicted octanol–water partition coefficient (Wildman–Crippen LogP) is 2.03. The maximum atomic E-state index is 11.5. The van der Waals surface area contributed by atoms with Crippen LogP contribution in [0, 0.1) is 10.1 Å². The third kappa shape index (κ3) is 4.57. The molecular weight excluding hydrogens is 376 g/mol. The summed E-state index contributed by atoms with van der Waals surface area (Å²) in [5.41, 5.74) is 6.88. The van der Waals surface area contributed by atoms with Gasteiger partial charge in [-0.3, -0.25) is 19.8 Å². The van der Waals surface area contributed by atoms with E-state index in [1.54, 1.807) is 20.3 Å². The molecular formula is C20H24N4O5. The average molecular weight is 400 g/mol. The zero-order valence-electron chi connectivity index (χ0n) is 16.5. The summed E-state index contributed by atoms with van der Waals surface area (Å²) in [7, 11) is 3.21. The lowest BCUT2D eigenvalue weighted by Gasteiger charge is -2.35. The van der Waals surface area contributed by atoms with Gasteiger partial charge in [-0.05, 0) is 29.8 Å². The lowest BCUT2D eigenvalue weighted by Crippen LogP contribution is -2.46. The van der Waals surface area contributed by atoms with Crippen molar-refractivity contribution in [3.63, 3.8) is 0 Å². The van der Waals surface area contributed by atoms with Crippen molar-refractivity contribution in [2.24, 2.45) is 5.73 Å². The van der Waals surface area contributed by atoms with Crippen LogP contribution in [0.15, 0.2) is 36.4 Å². The number of benzene rings is 2. The number of hydrogen-bond donors (Lipinski definition) is 1. The van der Waals surface area contributed by atoms with E-state index in [0.29, 0.717) is 30.3 Å². The van der Waals surface area contributed by atoms with Crippen LogP contribution in [0.25, 0.3) is 0 Å². The van der Waals surface area contributed by atoms with Gasteiger partial charge in [0, 0.05) is 44.4 Å². The number of hydrogen-bond acceptors (Lipinski definition) is 7. The van der Waals surface area contributed by atoms with E-state index in [0.717, 1.165) is 25.2 Å². The maximum absolute atomic E-state index is 11.5. The zero-order chi connectivity index (χ0) is 21.0. The van der Waals surface area contributed by atoms with Gasteiger partial charge in [0.05, 0.1) is 19.1 Å². The Labute approximate surface area is 168 Å². The molecule has 0 bridgehead atoms. The van der Waals surface area contributed by atoms with E-state index in [1.807, 2.05) is 23.1 Å². The van der Waals surface area contributed by atoms with Crippen molar-refractivity contribution < 1.29 is 19.2 Å². The molecule has 1 fully saturated rings. The van der Waals surface area contributed by atoms with Crippen molar-refractivity contribution in [3.8, 4) is 11.5 Å². The molecule has 1 heterocycles. The van der Waals surface area contributed by atoms with E-state index in [9.17, 15) is 14.9 Å². The second-order valence-electron chi connectivity index (χ2n) is 6.78. The molecule has 2 aromatic carbocycles. The van der Waals surface area contributed by atoms with Gasteiger partial charge in [0.2, 0.25) is 5.91 Å². The van der Waals surface area contributed by atoms with Crippen molar-refractivity contribution in [2.45, 2.75) is 6.54 Å². The molecule has 0 spiro atoms. The topological polar surface area (TPSA) is 111 Å². The van der Waals surface area contributed by atoms with E-state index in [1.165, 1.54) is 12.1 Å². The molecule has 0 radical (unpaired) electrons. The summed E-state index contributed by atoms with van der Waals surface area (Å²) < 4.78 is 10.6. The Balaban J connectivity index is 1.68. The average Bonchev–Trinajstić information content (AvgIpc) is 2.73. The number of carbonyl (C=O) groups is 1. The predicted molar refractivity (Wildman–Crippen MR) is 109 cm³/mol. The highest BCUT2D eigenvalue weighted by molar-refractivity contribution is 5.94. The third-order valence-electron chi connectivity index (χ3n) is 5.02. The molecule has 154 valence electrons. The standard InChI is InChI=1S/C20H24N4O5/c1-28-18-6-3-14(11-19(18)29-2)13-22-7-9-23(10-8-22)16-5-4-15(20(21)25)12-17(16)24(26)27/h3-6,11-12H,7-10,13H2,1-2H3,(H2,21,25). The second-order valence-corrected chi connectivity index (χ2v) is 6.78. The minimum absolute atomic E-state index is 0.102. The van der Waals surface area contributed by atoms with Crippen LogP contribution in [0.2, 0.25) is 0 Å². The smallest absolute Gasteiger partial charge is 0.293 e. The largest absolute Gasteiger partial charge is 0.493 e. The highest BCUT2D eigenvalue weighted by Crippen LogP contribution is 2.31. The highest BCUT2D eigenvalue weighted by Gasteiger charge is 2.25. The van der Waals surface area contributed by atoms with Crippen molar-refractivity contribution in [3.05, 3.63) is 57.6 Å². The molecule has 0 aliphatic carbocycles. The number of rotatable bonds is 7. The molecule has 0 unspecified atom stereocenters. The number of nitro groups is 1. The zero-order valence-corrected chi connectivity index (χ0v) is 16.5. The van der Waals surface area contributed by atoms with Gasteiger partial charge < -0.3 is 20.1 Å². The van der Waals surface area contributed by atoms with Gasteiger partial charge in [-0.1, -0.05) is 6.07 Å². The van der Waals surface area contributed by atoms with Gasteiger partial charge in [-0.25, -0.2) is 0 Å². The number of carbonyl (C=O) groups excluding carboxylic acids is 1. The SMILES string of the molecule is COc1ccc(CN2CCN(c3ccc(C(N)=O)cc3[N+](=O)[O-])CC2)cc1OC. The summed E-state index contributed by atoms with van der Waals surface area (Å²) in [6, 6.07) is 10.2. The number of amides is 1. The quantitative estimate of drug-likeness (QED) is 0.559. The van der Waals surface area contributed by atoms with Crippen LogP contribution in [0.4, 0.5) is 11.4 Å². The van der Waals surface area contributed by atoms with E-state index < -0.39 is 10.8 Å². The molecule has 1 aliphatic rings. The molecule has 2 N–H and O–H groups in total. The number of nitrogens with zero attached hydrogens (tertiary/aromatic N) is 3. The van der Waals surface area contributed by atoms with Gasteiger partial charge in [-0.15, -0.1) is 0 Å². The minimum Gasteiger partial charge on any atom is -0.493 e. The summed E-state index contributed by atoms with van der Waals surface area (Å²) >= 11 is 0. The molecule has 9 heteroatoms. The number of nitro benzene ring substituents is 1. The van der Waals surface area contributed by atoms with E-state index in [4.69, 9.17) is 15.2 Å². The number of nitrogens with two attached hydrogens (primary N) is 1. The first-order valence-electron chi connectivity index (χ1n) is 9.19. The summed E-state index contributed by atoms with van der Waals surface area (Å²) in [6.45, 7) is 3.54. The first-order chi connectivity index (χ1) is 13.9. The molecule has 3 rings (SSSR count). The first-order valence-corrected chi connectivity index (χ1v) is 9.19. The number of primary amides is 1. The van der Waals surface area contributed by atoms with Crippen molar-refractivity contribution in [1.29, 1.82) is 0 Å². The van der Waals surface area contributed by atoms with Crippen molar-refractivity contribution in [2.75, 3.05) is 45.3 Å². The Bertz CT molecular complexity index is 910. The third-order valence-corrected chi connectivity index (χ3v) is 5.02. The monoisotopic (exact) mass is 400 g/mol. The van der Waals surface area contributed by atoms with Gasteiger partial charge in [0.25, 0.3) is 5.69 Å². The molecule has 0 atom stereocenters.